The second-order valence-corrected chi connectivity index (χ2v) is 7.53. The highest BCUT2D eigenvalue weighted by Gasteiger charge is 2.16. The molecule has 2 aromatic carbocycles. The average molecular weight is 413 g/mol. The summed E-state index contributed by atoms with van der Waals surface area (Å²) in [6.45, 7) is 6.48. The second kappa shape index (κ2) is 8.54. The van der Waals surface area contributed by atoms with Gasteiger partial charge in [-0.05, 0) is 63.7 Å². The maximum absolute atomic E-state index is 12.2. The van der Waals surface area contributed by atoms with Crippen molar-refractivity contribution in [3.05, 3.63) is 70.2 Å². The zero-order chi connectivity index (χ0) is 18.5. The Morgan fingerprint density at radius 2 is 1.69 bits per heavy atom. The topological polar surface area (TPSA) is 32.3 Å². The number of hydrogen-bond acceptors (Lipinski definition) is 2. The van der Waals surface area contributed by atoms with Crippen LogP contribution < -0.4 is 10.2 Å². The van der Waals surface area contributed by atoms with Gasteiger partial charge >= 0.3 is 0 Å². The Morgan fingerprint density at radius 3 is 2.31 bits per heavy atom. The molecule has 4 heteroatoms. The summed E-state index contributed by atoms with van der Waals surface area (Å²) in [4.78, 5) is 14.6. The van der Waals surface area contributed by atoms with Crippen molar-refractivity contribution in [2.45, 2.75) is 25.7 Å². The van der Waals surface area contributed by atoms with Gasteiger partial charge < -0.3 is 10.2 Å². The first-order valence-electron chi connectivity index (χ1n) is 9.17. The fourth-order valence-corrected chi connectivity index (χ4v) is 4.13. The zero-order valence-corrected chi connectivity index (χ0v) is 16.8. The molecule has 0 aromatic heterocycles. The SMILES string of the molecule is C=C(c1ccc(N2CCCCCC2)c(Br)c1)c1ccccc1C(=O)NC. The number of amides is 1. The van der Waals surface area contributed by atoms with Crippen molar-refractivity contribution in [2.24, 2.45) is 0 Å². The summed E-state index contributed by atoms with van der Waals surface area (Å²) in [5.74, 6) is -0.0954. The summed E-state index contributed by atoms with van der Waals surface area (Å²) in [7, 11) is 1.65. The van der Waals surface area contributed by atoms with Crippen molar-refractivity contribution in [1.29, 1.82) is 0 Å². The van der Waals surface area contributed by atoms with Gasteiger partial charge in [0.2, 0.25) is 0 Å². The molecule has 3 nitrogen and oxygen atoms in total. The van der Waals surface area contributed by atoms with Gasteiger partial charge in [-0.15, -0.1) is 0 Å². The van der Waals surface area contributed by atoms with Crippen molar-refractivity contribution >= 4 is 33.1 Å². The van der Waals surface area contributed by atoms with Crippen LogP contribution in [0.25, 0.3) is 5.57 Å². The number of rotatable bonds is 4. The molecule has 0 radical (unpaired) electrons. The molecule has 26 heavy (non-hydrogen) atoms. The molecule has 0 bridgehead atoms. The van der Waals surface area contributed by atoms with Crippen LogP contribution in [-0.2, 0) is 0 Å². The molecule has 2 aromatic rings. The van der Waals surface area contributed by atoms with Gasteiger partial charge in [0.15, 0.2) is 0 Å². The molecule has 1 heterocycles. The van der Waals surface area contributed by atoms with Crippen molar-refractivity contribution in [2.75, 3.05) is 25.0 Å². The Labute approximate surface area is 164 Å². The van der Waals surface area contributed by atoms with Crippen molar-refractivity contribution in [1.82, 2.24) is 5.32 Å². The quantitative estimate of drug-likeness (QED) is 0.743. The van der Waals surface area contributed by atoms with Gasteiger partial charge in [0.25, 0.3) is 5.91 Å². The molecule has 136 valence electrons. The Bertz CT molecular complexity index is 808. The molecular formula is C22H25BrN2O. The number of nitrogens with zero attached hydrogens (tertiary/aromatic N) is 1. The van der Waals surface area contributed by atoms with Gasteiger partial charge in [0, 0.05) is 30.2 Å². The van der Waals surface area contributed by atoms with Gasteiger partial charge in [0.05, 0.1) is 5.69 Å². The van der Waals surface area contributed by atoms with Gasteiger partial charge in [-0.25, -0.2) is 0 Å². The van der Waals surface area contributed by atoms with Crippen molar-refractivity contribution in [3.8, 4) is 0 Å². The first-order valence-corrected chi connectivity index (χ1v) is 9.96. The van der Waals surface area contributed by atoms with Crippen LogP contribution >= 0.6 is 15.9 Å². The van der Waals surface area contributed by atoms with Crippen LogP contribution in [0.3, 0.4) is 0 Å². The van der Waals surface area contributed by atoms with Crippen molar-refractivity contribution < 1.29 is 4.79 Å². The molecule has 1 aliphatic rings. The van der Waals surface area contributed by atoms with E-state index in [0.29, 0.717) is 5.56 Å². The van der Waals surface area contributed by atoms with E-state index in [-0.39, 0.29) is 5.91 Å². The highest BCUT2D eigenvalue weighted by atomic mass is 79.9. The van der Waals surface area contributed by atoms with Gasteiger partial charge in [0.1, 0.15) is 0 Å². The first-order chi connectivity index (χ1) is 12.6. The molecule has 1 aliphatic heterocycles. The maximum atomic E-state index is 12.2. The molecule has 1 saturated heterocycles. The molecule has 0 unspecified atom stereocenters. The molecule has 0 aliphatic carbocycles. The van der Waals surface area contributed by atoms with E-state index < -0.39 is 0 Å². The van der Waals surface area contributed by atoms with Crippen LogP contribution in [0.2, 0.25) is 0 Å². The van der Waals surface area contributed by atoms with Gasteiger partial charge in [-0.2, -0.15) is 0 Å². The van der Waals surface area contributed by atoms with E-state index in [1.165, 1.54) is 31.4 Å². The summed E-state index contributed by atoms with van der Waals surface area (Å²) in [6, 6.07) is 14.0. The van der Waals surface area contributed by atoms with Gasteiger partial charge in [-0.3, -0.25) is 4.79 Å². The number of anilines is 1. The zero-order valence-electron chi connectivity index (χ0n) is 15.2. The van der Waals surface area contributed by atoms with E-state index in [1.807, 2.05) is 24.3 Å². The molecule has 1 N–H and O–H groups in total. The van der Waals surface area contributed by atoms with Crippen LogP contribution in [-0.4, -0.2) is 26.0 Å². The Morgan fingerprint density at radius 1 is 1.04 bits per heavy atom. The molecule has 0 atom stereocenters. The number of halogens is 1. The molecule has 0 spiro atoms. The predicted molar refractivity (Wildman–Crippen MR) is 113 cm³/mol. The summed E-state index contributed by atoms with van der Waals surface area (Å²) in [6.07, 6.45) is 5.14. The third-order valence-electron chi connectivity index (χ3n) is 4.97. The number of carbonyl (C=O) groups excluding carboxylic acids is 1. The molecule has 1 amide bonds. The summed E-state index contributed by atoms with van der Waals surface area (Å²) in [5, 5.41) is 2.70. The Kier molecular flexibility index (Phi) is 6.15. The molecule has 1 fully saturated rings. The molecular weight excluding hydrogens is 388 g/mol. The van der Waals surface area contributed by atoms with E-state index >= 15 is 0 Å². The van der Waals surface area contributed by atoms with E-state index in [0.717, 1.165) is 34.3 Å². The summed E-state index contributed by atoms with van der Waals surface area (Å²) in [5.41, 5.74) is 4.62. The lowest BCUT2D eigenvalue weighted by Crippen LogP contribution is -2.24. The molecule has 3 rings (SSSR count). The van der Waals surface area contributed by atoms with E-state index in [9.17, 15) is 4.79 Å². The number of nitrogens with one attached hydrogen (secondary N) is 1. The van der Waals surface area contributed by atoms with E-state index in [1.54, 1.807) is 7.05 Å². The summed E-state index contributed by atoms with van der Waals surface area (Å²) < 4.78 is 1.08. The largest absolute Gasteiger partial charge is 0.371 e. The normalized spacial score (nSPS) is 14.6. The first kappa shape index (κ1) is 18.7. The minimum Gasteiger partial charge on any atom is -0.371 e. The van der Waals surface area contributed by atoms with E-state index in [2.05, 4.69) is 50.9 Å². The predicted octanol–water partition coefficient (Wildman–Crippen LogP) is 5.25. The van der Waals surface area contributed by atoms with E-state index in [4.69, 9.17) is 0 Å². The third kappa shape index (κ3) is 4.01. The number of carbonyl (C=O) groups is 1. The highest BCUT2D eigenvalue weighted by Crippen LogP contribution is 2.33. The average Bonchev–Trinajstić information content (AvgIpc) is 2.96. The lowest BCUT2D eigenvalue weighted by atomic mass is 9.94. The smallest absolute Gasteiger partial charge is 0.251 e. The minimum absolute atomic E-state index is 0.0954. The van der Waals surface area contributed by atoms with Crippen LogP contribution in [0.5, 0.6) is 0 Å². The van der Waals surface area contributed by atoms with Crippen LogP contribution in [0.15, 0.2) is 53.5 Å². The fourth-order valence-electron chi connectivity index (χ4n) is 3.50. The number of benzene rings is 2. The molecule has 0 saturated carbocycles. The lowest BCUT2D eigenvalue weighted by Gasteiger charge is -2.24. The van der Waals surface area contributed by atoms with Crippen LogP contribution in [0.4, 0.5) is 5.69 Å². The monoisotopic (exact) mass is 412 g/mol. The Hall–Kier alpha value is -2.07. The van der Waals surface area contributed by atoms with Gasteiger partial charge in [-0.1, -0.05) is 43.7 Å². The van der Waals surface area contributed by atoms with Crippen molar-refractivity contribution in [3.63, 3.8) is 0 Å². The van der Waals surface area contributed by atoms with Crippen LogP contribution in [0, 0.1) is 0 Å². The van der Waals surface area contributed by atoms with Crippen LogP contribution in [0.1, 0.15) is 47.2 Å². The number of hydrogen-bond donors (Lipinski definition) is 1. The Balaban J connectivity index is 1.90. The standard InChI is InChI=1S/C22H25BrN2O/c1-16(18-9-5-6-10-19(18)22(26)24-2)17-11-12-21(20(23)15-17)25-13-7-3-4-8-14-25/h5-6,9-12,15H,1,3-4,7-8,13-14H2,2H3,(H,24,26). The third-order valence-corrected chi connectivity index (χ3v) is 5.60. The lowest BCUT2D eigenvalue weighted by molar-refractivity contribution is 0.0963. The fraction of sp³-hybridized carbons (Fsp3) is 0.318. The minimum atomic E-state index is -0.0954. The second-order valence-electron chi connectivity index (χ2n) is 6.67. The highest BCUT2D eigenvalue weighted by molar-refractivity contribution is 9.10. The summed E-state index contributed by atoms with van der Waals surface area (Å²) >= 11 is 3.75. The maximum Gasteiger partial charge on any atom is 0.251 e.